The second-order valence-electron chi connectivity index (χ2n) is 7.82. The minimum Gasteiger partial charge on any atom is -0.504 e. The summed E-state index contributed by atoms with van der Waals surface area (Å²) in [5.41, 5.74) is 2.15. The number of phenolic OH excluding ortho intramolecular Hbond substituents is 1. The smallest absolute Gasteiger partial charge is 0.416 e. The van der Waals surface area contributed by atoms with Crippen LogP contribution in [0.5, 0.6) is 11.5 Å². The summed E-state index contributed by atoms with van der Waals surface area (Å²) in [6, 6.07) is 10.8. The Kier molecular flexibility index (Phi) is 5.91. The predicted octanol–water partition coefficient (Wildman–Crippen LogP) is 5.19. The van der Waals surface area contributed by atoms with Gasteiger partial charge in [-0.25, -0.2) is 0 Å². The second-order valence-corrected chi connectivity index (χ2v) is 7.82. The Balaban J connectivity index is 1.55. The maximum atomic E-state index is 13.2. The van der Waals surface area contributed by atoms with E-state index in [-0.39, 0.29) is 11.7 Å². The number of para-hydroxylation sites is 1. The quantitative estimate of drug-likeness (QED) is 0.584. The molecular weight excluding hydrogens is 407 g/mol. The van der Waals surface area contributed by atoms with Gasteiger partial charge in [-0.2, -0.15) is 18.3 Å². The highest BCUT2D eigenvalue weighted by atomic mass is 19.4. The minimum absolute atomic E-state index is 0.105. The first kappa shape index (κ1) is 21.2. The molecule has 0 spiro atoms. The van der Waals surface area contributed by atoms with E-state index in [1.807, 2.05) is 12.1 Å². The average molecular weight is 431 g/mol. The van der Waals surface area contributed by atoms with E-state index in [1.165, 1.54) is 19.2 Å². The van der Waals surface area contributed by atoms with Crippen molar-refractivity contribution in [3.05, 3.63) is 65.5 Å². The molecule has 0 radical (unpaired) electrons. The van der Waals surface area contributed by atoms with Crippen molar-refractivity contribution in [2.75, 3.05) is 20.2 Å². The van der Waals surface area contributed by atoms with Crippen molar-refractivity contribution < 1.29 is 23.0 Å². The summed E-state index contributed by atoms with van der Waals surface area (Å²) >= 11 is 0. The van der Waals surface area contributed by atoms with E-state index in [9.17, 15) is 18.3 Å². The molecule has 1 unspecified atom stereocenters. The van der Waals surface area contributed by atoms with Gasteiger partial charge in [0.1, 0.15) is 0 Å². The zero-order valence-electron chi connectivity index (χ0n) is 17.1. The van der Waals surface area contributed by atoms with Gasteiger partial charge in [0.05, 0.1) is 18.9 Å². The van der Waals surface area contributed by atoms with Gasteiger partial charge in [-0.05, 0) is 43.1 Å². The Labute approximate surface area is 178 Å². The van der Waals surface area contributed by atoms with Gasteiger partial charge in [0.2, 0.25) is 0 Å². The SMILES string of the molecule is COc1cccc(CN2CCCC(c3[nH]ncc3-c3cccc(C(F)(F)F)c3)C2)c1O. The van der Waals surface area contributed by atoms with Crippen molar-refractivity contribution in [3.63, 3.8) is 0 Å². The number of H-pyrrole nitrogens is 1. The molecule has 0 saturated carbocycles. The molecule has 31 heavy (non-hydrogen) atoms. The number of benzene rings is 2. The number of hydrogen-bond donors (Lipinski definition) is 2. The first-order valence-electron chi connectivity index (χ1n) is 10.1. The molecule has 8 heteroatoms. The average Bonchev–Trinajstić information content (AvgIpc) is 3.25. The molecule has 5 nitrogen and oxygen atoms in total. The summed E-state index contributed by atoms with van der Waals surface area (Å²) in [6.07, 6.45) is -0.941. The van der Waals surface area contributed by atoms with Crippen molar-refractivity contribution >= 4 is 0 Å². The van der Waals surface area contributed by atoms with Crippen LogP contribution < -0.4 is 4.74 Å². The number of aromatic nitrogens is 2. The predicted molar refractivity (Wildman–Crippen MR) is 111 cm³/mol. The van der Waals surface area contributed by atoms with E-state index in [1.54, 1.807) is 18.3 Å². The monoisotopic (exact) mass is 431 g/mol. The molecule has 2 heterocycles. The van der Waals surface area contributed by atoms with Gasteiger partial charge in [-0.15, -0.1) is 0 Å². The van der Waals surface area contributed by atoms with E-state index in [4.69, 9.17) is 4.74 Å². The lowest BCUT2D eigenvalue weighted by Gasteiger charge is -2.33. The molecule has 1 fully saturated rings. The van der Waals surface area contributed by atoms with Gasteiger partial charge in [0, 0.05) is 35.8 Å². The molecule has 1 aromatic heterocycles. The summed E-state index contributed by atoms with van der Waals surface area (Å²) in [4.78, 5) is 2.24. The number of aromatic hydroxyl groups is 1. The van der Waals surface area contributed by atoms with Crippen molar-refractivity contribution in [3.8, 4) is 22.6 Å². The normalized spacial score (nSPS) is 17.6. The molecular formula is C23H24F3N3O2. The third kappa shape index (κ3) is 4.54. The highest BCUT2D eigenvalue weighted by Crippen LogP contribution is 2.37. The molecule has 4 rings (SSSR count). The maximum Gasteiger partial charge on any atom is 0.416 e. The zero-order valence-corrected chi connectivity index (χ0v) is 17.1. The number of nitrogens with zero attached hydrogens (tertiary/aromatic N) is 2. The fourth-order valence-corrected chi connectivity index (χ4v) is 4.24. The molecule has 0 bridgehead atoms. The Morgan fingerprint density at radius 3 is 2.81 bits per heavy atom. The highest BCUT2D eigenvalue weighted by Gasteiger charge is 2.31. The lowest BCUT2D eigenvalue weighted by Crippen LogP contribution is -2.34. The van der Waals surface area contributed by atoms with Crippen LogP contribution in [0.4, 0.5) is 13.2 Å². The van der Waals surface area contributed by atoms with Crippen LogP contribution in [0.2, 0.25) is 0 Å². The van der Waals surface area contributed by atoms with Gasteiger partial charge >= 0.3 is 6.18 Å². The number of halogens is 3. The van der Waals surface area contributed by atoms with E-state index in [2.05, 4.69) is 15.1 Å². The summed E-state index contributed by atoms with van der Waals surface area (Å²) in [5.74, 6) is 0.679. The highest BCUT2D eigenvalue weighted by molar-refractivity contribution is 5.66. The Hall–Kier alpha value is -3.00. The number of aromatic amines is 1. The number of phenols is 1. The molecule has 164 valence electrons. The molecule has 0 amide bonds. The summed E-state index contributed by atoms with van der Waals surface area (Å²) in [7, 11) is 1.52. The number of methoxy groups -OCH3 is 1. The maximum absolute atomic E-state index is 13.2. The molecule has 0 aliphatic carbocycles. The second kappa shape index (κ2) is 8.63. The number of rotatable bonds is 5. The third-order valence-electron chi connectivity index (χ3n) is 5.78. The van der Waals surface area contributed by atoms with E-state index in [0.717, 1.165) is 36.7 Å². The standard InChI is InChI=1S/C23H24F3N3O2/c1-31-20-9-3-6-17(22(20)30)14-29-10-4-7-16(13-29)21-19(12-27-28-21)15-5-2-8-18(11-15)23(24,25)26/h2-3,5-6,8-9,11-12,16,30H,4,7,10,13-14H2,1H3,(H,27,28). The first-order valence-corrected chi connectivity index (χ1v) is 10.1. The van der Waals surface area contributed by atoms with Crippen molar-refractivity contribution in [1.82, 2.24) is 15.1 Å². The number of piperidine rings is 1. The van der Waals surface area contributed by atoms with E-state index < -0.39 is 11.7 Å². The van der Waals surface area contributed by atoms with Crippen LogP contribution in [0.1, 0.15) is 35.6 Å². The summed E-state index contributed by atoms with van der Waals surface area (Å²) in [6.45, 7) is 2.15. The van der Waals surface area contributed by atoms with Crippen molar-refractivity contribution in [2.45, 2.75) is 31.5 Å². The molecule has 2 N–H and O–H groups in total. The number of nitrogens with one attached hydrogen (secondary N) is 1. The van der Waals surface area contributed by atoms with Gasteiger partial charge in [-0.3, -0.25) is 10.00 Å². The van der Waals surface area contributed by atoms with Crippen molar-refractivity contribution in [2.24, 2.45) is 0 Å². The zero-order chi connectivity index (χ0) is 22.0. The van der Waals surface area contributed by atoms with Crippen LogP contribution in [0.15, 0.2) is 48.7 Å². The fourth-order valence-electron chi connectivity index (χ4n) is 4.24. The van der Waals surface area contributed by atoms with Crippen LogP contribution in [-0.4, -0.2) is 40.4 Å². The molecule has 1 aliphatic heterocycles. The van der Waals surface area contributed by atoms with Crippen molar-refractivity contribution in [1.29, 1.82) is 0 Å². The van der Waals surface area contributed by atoms with Gasteiger partial charge in [0.15, 0.2) is 11.5 Å². The number of hydrogen-bond acceptors (Lipinski definition) is 4. The Morgan fingerprint density at radius 1 is 1.23 bits per heavy atom. The van der Waals surface area contributed by atoms with Gasteiger partial charge in [0.25, 0.3) is 0 Å². The van der Waals surface area contributed by atoms with Crippen LogP contribution in [0.25, 0.3) is 11.1 Å². The number of alkyl halides is 3. The van der Waals surface area contributed by atoms with Crippen LogP contribution >= 0.6 is 0 Å². The lowest BCUT2D eigenvalue weighted by molar-refractivity contribution is -0.137. The Morgan fingerprint density at radius 2 is 2.03 bits per heavy atom. The summed E-state index contributed by atoms with van der Waals surface area (Å²) in [5, 5.41) is 17.5. The van der Waals surface area contributed by atoms with Crippen LogP contribution in [-0.2, 0) is 12.7 Å². The Bertz CT molecular complexity index is 1050. The molecule has 3 aromatic rings. The van der Waals surface area contributed by atoms with Gasteiger partial charge in [-0.1, -0.05) is 24.3 Å². The van der Waals surface area contributed by atoms with Crippen LogP contribution in [0, 0.1) is 0 Å². The lowest BCUT2D eigenvalue weighted by atomic mass is 9.90. The van der Waals surface area contributed by atoms with E-state index in [0.29, 0.717) is 30.0 Å². The molecule has 1 atom stereocenters. The van der Waals surface area contributed by atoms with Crippen LogP contribution in [0.3, 0.4) is 0 Å². The topological polar surface area (TPSA) is 61.4 Å². The molecule has 1 aliphatic rings. The minimum atomic E-state index is -4.39. The number of likely N-dealkylation sites (tertiary alicyclic amines) is 1. The van der Waals surface area contributed by atoms with Gasteiger partial charge < -0.3 is 9.84 Å². The third-order valence-corrected chi connectivity index (χ3v) is 5.78. The fraction of sp³-hybridized carbons (Fsp3) is 0.348. The first-order chi connectivity index (χ1) is 14.9. The van der Waals surface area contributed by atoms with E-state index >= 15 is 0 Å². The molecule has 1 saturated heterocycles. The molecule has 2 aromatic carbocycles. The largest absolute Gasteiger partial charge is 0.504 e. The summed E-state index contributed by atoms with van der Waals surface area (Å²) < 4.78 is 44.6. The number of ether oxygens (including phenoxy) is 1.